The molecule has 0 amide bonds. The van der Waals surface area contributed by atoms with E-state index in [0.717, 1.165) is 71.0 Å². The summed E-state index contributed by atoms with van der Waals surface area (Å²) in [5.41, 5.74) is 6.36. The first-order valence-corrected chi connectivity index (χ1v) is 14.1. The number of hydrogen-bond donors (Lipinski definition) is 3. The van der Waals surface area contributed by atoms with Gasteiger partial charge in [0.05, 0.1) is 18.3 Å². The number of nitrogens with zero attached hydrogens (tertiary/aromatic N) is 1. The number of fused-ring (bicyclic) bond motifs is 1. The first-order chi connectivity index (χ1) is 16.3. The van der Waals surface area contributed by atoms with E-state index in [1.807, 2.05) is 6.92 Å². The van der Waals surface area contributed by atoms with Gasteiger partial charge in [0.2, 0.25) is 0 Å². The molecule has 6 heteroatoms. The van der Waals surface area contributed by atoms with Crippen LogP contribution in [0.15, 0.2) is 11.1 Å². The van der Waals surface area contributed by atoms with E-state index in [-0.39, 0.29) is 18.3 Å². The number of nitrogens with one attached hydrogen (secondary N) is 1. The van der Waals surface area contributed by atoms with E-state index in [1.165, 1.54) is 12.0 Å². The van der Waals surface area contributed by atoms with Crippen LogP contribution in [0.25, 0.3) is 0 Å². The molecule has 6 unspecified atom stereocenters. The number of likely N-dealkylation sites (tertiary alicyclic amines) is 1. The second-order valence-corrected chi connectivity index (χ2v) is 12.1. The molecule has 0 aromatic rings. The topological polar surface area (TPSA) is 65.0 Å². The Kier molecular flexibility index (Phi) is 9.47. The predicted molar refractivity (Wildman–Crippen MR) is 134 cm³/mol. The maximum absolute atomic E-state index is 13.7. The van der Waals surface area contributed by atoms with E-state index in [4.69, 9.17) is 4.84 Å². The fourth-order valence-electron chi connectivity index (χ4n) is 7.47. The van der Waals surface area contributed by atoms with Gasteiger partial charge in [-0.25, -0.2) is 4.39 Å². The Balaban J connectivity index is 1.14. The molecule has 4 rings (SSSR count). The summed E-state index contributed by atoms with van der Waals surface area (Å²) in [7, 11) is 0. The molecule has 196 valence electrons. The maximum atomic E-state index is 13.7. The van der Waals surface area contributed by atoms with Gasteiger partial charge in [-0.2, -0.15) is 5.48 Å². The van der Waals surface area contributed by atoms with Gasteiger partial charge in [0.25, 0.3) is 0 Å². The average molecular weight is 481 g/mol. The number of rotatable bonds is 9. The van der Waals surface area contributed by atoms with Crippen molar-refractivity contribution in [2.45, 2.75) is 122 Å². The van der Waals surface area contributed by atoms with Crippen molar-refractivity contribution < 1.29 is 19.4 Å². The highest BCUT2D eigenvalue weighted by molar-refractivity contribution is 5.18. The molecule has 4 aliphatic rings. The maximum Gasteiger partial charge on any atom is 0.103 e. The molecular weight excluding hydrogens is 431 g/mol. The molecule has 8 atom stereocenters. The lowest BCUT2D eigenvalue weighted by Gasteiger charge is -2.38. The lowest BCUT2D eigenvalue weighted by atomic mass is 9.75. The van der Waals surface area contributed by atoms with Crippen LogP contribution in [0.5, 0.6) is 0 Å². The first-order valence-electron chi connectivity index (χ1n) is 14.1. The van der Waals surface area contributed by atoms with Crippen LogP contribution >= 0.6 is 0 Å². The third-order valence-corrected chi connectivity index (χ3v) is 9.37. The Morgan fingerprint density at radius 1 is 1.12 bits per heavy atom. The highest BCUT2D eigenvalue weighted by Crippen LogP contribution is 2.40. The number of piperidine rings is 1. The molecule has 0 radical (unpaired) electrons. The highest BCUT2D eigenvalue weighted by atomic mass is 19.1. The Morgan fingerprint density at radius 3 is 2.59 bits per heavy atom. The monoisotopic (exact) mass is 480 g/mol. The zero-order valence-corrected chi connectivity index (χ0v) is 21.7. The third kappa shape index (κ3) is 6.82. The summed E-state index contributed by atoms with van der Waals surface area (Å²) in [6.45, 7) is 9.28. The molecule has 2 heterocycles. The van der Waals surface area contributed by atoms with E-state index in [9.17, 15) is 14.6 Å². The van der Waals surface area contributed by atoms with Gasteiger partial charge in [0, 0.05) is 24.9 Å². The van der Waals surface area contributed by atoms with Crippen molar-refractivity contribution in [1.82, 2.24) is 10.4 Å². The fraction of sp³-hybridized carbons (Fsp3) is 0.929. The lowest BCUT2D eigenvalue weighted by Crippen LogP contribution is -2.45. The van der Waals surface area contributed by atoms with Gasteiger partial charge in [-0.1, -0.05) is 18.1 Å². The Labute approximate surface area is 206 Å². The number of hydrogen-bond acceptors (Lipinski definition) is 5. The normalized spacial score (nSPS) is 36.4. The number of aliphatic hydroxyl groups excluding tert-OH is 2. The smallest absolute Gasteiger partial charge is 0.103 e. The summed E-state index contributed by atoms with van der Waals surface area (Å²) in [5, 5.41) is 20.5. The molecule has 5 nitrogen and oxygen atoms in total. The van der Waals surface area contributed by atoms with Gasteiger partial charge in [-0.3, -0.25) is 4.84 Å². The van der Waals surface area contributed by atoms with Gasteiger partial charge < -0.3 is 15.1 Å². The van der Waals surface area contributed by atoms with Crippen LogP contribution in [0.1, 0.15) is 91.4 Å². The van der Waals surface area contributed by atoms with E-state index < -0.39 is 6.17 Å². The van der Waals surface area contributed by atoms with E-state index >= 15 is 0 Å². The van der Waals surface area contributed by atoms with Crippen molar-refractivity contribution in [1.29, 1.82) is 0 Å². The first kappa shape index (κ1) is 26.5. The van der Waals surface area contributed by atoms with Gasteiger partial charge in [-0.15, -0.1) is 0 Å². The van der Waals surface area contributed by atoms with Gasteiger partial charge >= 0.3 is 0 Å². The second-order valence-electron chi connectivity index (χ2n) is 12.1. The Hall–Kier alpha value is -0.530. The fourth-order valence-corrected chi connectivity index (χ4v) is 7.47. The minimum Gasteiger partial charge on any atom is -0.393 e. The molecule has 2 saturated heterocycles. The van der Waals surface area contributed by atoms with Gasteiger partial charge in [-0.05, 0) is 109 Å². The zero-order chi connectivity index (χ0) is 24.2. The highest BCUT2D eigenvalue weighted by Gasteiger charge is 2.45. The number of hydroxylamine groups is 1. The predicted octanol–water partition coefficient (Wildman–Crippen LogP) is 4.77. The number of alkyl halides is 1. The largest absolute Gasteiger partial charge is 0.393 e. The second kappa shape index (κ2) is 12.1. The molecule has 2 aliphatic carbocycles. The third-order valence-electron chi connectivity index (χ3n) is 9.37. The van der Waals surface area contributed by atoms with Crippen molar-refractivity contribution in [3.63, 3.8) is 0 Å². The van der Waals surface area contributed by atoms with Crippen LogP contribution in [-0.4, -0.2) is 65.3 Å². The van der Waals surface area contributed by atoms with Crippen molar-refractivity contribution in [3.05, 3.63) is 11.1 Å². The number of β-amino-alcohol motifs (C(OH)–C–C–N with tert-alkyl or cyclic N) is 1. The molecule has 0 bridgehead atoms. The van der Waals surface area contributed by atoms with Crippen LogP contribution in [-0.2, 0) is 4.84 Å². The summed E-state index contributed by atoms with van der Waals surface area (Å²) in [4.78, 5) is 8.20. The molecule has 3 N–H and O–H groups in total. The van der Waals surface area contributed by atoms with E-state index in [1.54, 1.807) is 5.57 Å². The van der Waals surface area contributed by atoms with Crippen molar-refractivity contribution in [2.75, 3.05) is 19.6 Å². The van der Waals surface area contributed by atoms with Crippen LogP contribution in [0.3, 0.4) is 0 Å². The van der Waals surface area contributed by atoms with Crippen LogP contribution in [0.4, 0.5) is 4.39 Å². The van der Waals surface area contributed by atoms with Crippen LogP contribution in [0, 0.1) is 23.7 Å². The number of halogens is 1. The molecule has 2 aliphatic heterocycles. The minimum absolute atomic E-state index is 0.0596. The molecule has 3 fully saturated rings. The molecule has 34 heavy (non-hydrogen) atoms. The Bertz CT molecular complexity index is 679. The summed E-state index contributed by atoms with van der Waals surface area (Å²) in [6.07, 6.45) is 9.72. The standard InChI is InChI=1S/C28H49FN2O3/c1-18(14-20(3)32)25-8-5-21(15-19(25)2)4-7-24(33)17-31-12-10-22(11-13-31)28-26-9-6-23(29)16-27(26)34-30-28/h18,20-24,26-28,30,32-33H,4-17H2,1-3H3/t18?,20-,21-,23?,24?,26?,27?,28?/m1/s1. The zero-order valence-electron chi connectivity index (χ0n) is 21.7. The molecule has 0 aromatic carbocycles. The average Bonchev–Trinajstić information content (AvgIpc) is 3.20. The van der Waals surface area contributed by atoms with Gasteiger partial charge in [0.1, 0.15) is 6.17 Å². The number of aliphatic hydroxyl groups is 2. The van der Waals surface area contributed by atoms with Crippen molar-refractivity contribution in [3.8, 4) is 0 Å². The van der Waals surface area contributed by atoms with Crippen LogP contribution < -0.4 is 5.48 Å². The summed E-state index contributed by atoms with van der Waals surface area (Å²) in [6, 6.07) is 0.375. The van der Waals surface area contributed by atoms with Gasteiger partial charge in [0.15, 0.2) is 0 Å². The lowest BCUT2D eigenvalue weighted by molar-refractivity contribution is -0.0139. The summed E-state index contributed by atoms with van der Waals surface area (Å²) >= 11 is 0. The Morgan fingerprint density at radius 2 is 1.88 bits per heavy atom. The summed E-state index contributed by atoms with van der Waals surface area (Å²) in [5.74, 6) is 2.23. The molecule has 1 saturated carbocycles. The molecular formula is C28H49FN2O3. The van der Waals surface area contributed by atoms with E-state index in [2.05, 4.69) is 24.2 Å². The number of allylic oxidation sites excluding steroid dienone is 2. The van der Waals surface area contributed by atoms with Crippen LogP contribution in [0.2, 0.25) is 0 Å². The summed E-state index contributed by atoms with van der Waals surface area (Å²) < 4.78 is 13.7. The minimum atomic E-state index is -0.695. The van der Waals surface area contributed by atoms with E-state index in [0.29, 0.717) is 42.6 Å². The molecule has 0 aromatic heterocycles. The molecule has 0 spiro atoms. The van der Waals surface area contributed by atoms with Crippen molar-refractivity contribution >= 4 is 0 Å². The van der Waals surface area contributed by atoms with Crippen molar-refractivity contribution in [2.24, 2.45) is 23.7 Å². The SMILES string of the molecule is CC1=C(C(C)C[C@@H](C)O)CC[C@@H](CCC(O)CN2CCC(C3NOC4CC(F)CCC43)CC2)C1. The quantitative estimate of drug-likeness (QED) is 0.415.